The standard InChI is InChI=1S/C14H10ClN3O/c15-10-6-2-1-5-9(10)12-13(19-18-14(12)16)11-7-3-4-8-17-11/h1-8H,(H2,16,18). The predicted molar refractivity (Wildman–Crippen MR) is 74.6 cm³/mol. The van der Waals surface area contributed by atoms with Crippen LogP contribution in [0.5, 0.6) is 0 Å². The molecule has 19 heavy (non-hydrogen) atoms. The SMILES string of the molecule is Nc1noc(-c2ccccn2)c1-c1ccccc1Cl. The van der Waals surface area contributed by atoms with Gasteiger partial charge in [0.15, 0.2) is 11.6 Å². The molecule has 0 aliphatic rings. The molecule has 1 aromatic carbocycles. The van der Waals surface area contributed by atoms with Crippen LogP contribution in [0.3, 0.4) is 0 Å². The minimum atomic E-state index is 0.300. The topological polar surface area (TPSA) is 64.9 Å². The lowest BCUT2D eigenvalue weighted by Gasteiger charge is -2.04. The molecular formula is C14H10ClN3O. The predicted octanol–water partition coefficient (Wildman–Crippen LogP) is 3.64. The van der Waals surface area contributed by atoms with Crippen LogP contribution in [0.1, 0.15) is 0 Å². The Bertz CT molecular complexity index is 710. The van der Waals surface area contributed by atoms with Crippen molar-refractivity contribution >= 4 is 17.4 Å². The summed E-state index contributed by atoms with van der Waals surface area (Å²) in [5, 5.41) is 4.41. The maximum Gasteiger partial charge on any atom is 0.195 e. The number of anilines is 1. The summed E-state index contributed by atoms with van der Waals surface area (Å²) in [6, 6.07) is 12.9. The molecule has 0 saturated carbocycles. The summed E-state index contributed by atoms with van der Waals surface area (Å²) in [7, 11) is 0. The highest BCUT2D eigenvalue weighted by Gasteiger charge is 2.19. The van der Waals surface area contributed by atoms with E-state index in [-0.39, 0.29) is 0 Å². The first kappa shape index (κ1) is 11.7. The van der Waals surface area contributed by atoms with Gasteiger partial charge in [-0.2, -0.15) is 0 Å². The molecule has 0 radical (unpaired) electrons. The van der Waals surface area contributed by atoms with Crippen LogP contribution in [0.25, 0.3) is 22.6 Å². The van der Waals surface area contributed by atoms with Crippen LogP contribution in [0.4, 0.5) is 5.82 Å². The van der Waals surface area contributed by atoms with Crippen molar-refractivity contribution in [2.45, 2.75) is 0 Å². The Labute approximate surface area is 114 Å². The zero-order valence-corrected chi connectivity index (χ0v) is 10.6. The Kier molecular flexibility index (Phi) is 2.93. The number of benzene rings is 1. The van der Waals surface area contributed by atoms with Gasteiger partial charge >= 0.3 is 0 Å². The van der Waals surface area contributed by atoms with Gasteiger partial charge in [-0.15, -0.1) is 0 Å². The van der Waals surface area contributed by atoms with E-state index in [1.165, 1.54) is 0 Å². The molecule has 94 valence electrons. The number of aromatic nitrogens is 2. The van der Waals surface area contributed by atoms with E-state index >= 15 is 0 Å². The lowest BCUT2D eigenvalue weighted by atomic mass is 10.0. The van der Waals surface area contributed by atoms with E-state index in [2.05, 4.69) is 10.1 Å². The highest BCUT2D eigenvalue weighted by Crippen LogP contribution is 2.38. The van der Waals surface area contributed by atoms with E-state index in [1.54, 1.807) is 12.3 Å². The van der Waals surface area contributed by atoms with Crippen LogP contribution in [0, 0.1) is 0 Å². The van der Waals surface area contributed by atoms with Gasteiger partial charge < -0.3 is 10.3 Å². The van der Waals surface area contributed by atoms with Crippen molar-refractivity contribution < 1.29 is 4.52 Å². The number of pyridine rings is 1. The fraction of sp³-hybridized carbons (Fsp3) is 0. The van der Waals surface area contributed by atoms with Gasteiger partial charge in [0.05, 0.1) is 5.56 Å². The number of hydrogen-bond donors (Lipinski definition) is 1. The first-order chi connectivity index (χ1) is 9.27. The second kappa shape index (κ2) is 4.74. The number of nitrogens with zero attached hydrogens (tertiary/aromatic N) is 2. The van der Waals surface area contributed by atoms with Gasteiger partial charge in [0.1, 0.15) is 5.69 Å². The highest BCUT2D eigenvalue weighted by atomic mass is 35.5. The van der Waals surface area contributed by atoms with E-state index in [9.17, 15) is 0 Å². The molecule has 0 unspecified atom stereocenters. The Morgan fingerprint density at radius 3 is 2.58 bits per heavy atom. The maximum absolute atomic E-state index is 6.20. The largest absolute Gasteiger partial charge is 0.380 e. The summed E-state index contributed by atoms with van der Waals surface area (Å²) >= 11 is 6.20. The molecule has 5 heteroatoms. The van der Waals surface area contributed by atoms with E-state index in [4.69, 9.17) is 21.9 Å². The number of halogens is 1. The molecule has 0 aliphatic heterocycles. The average molecular weight is 272 g/mol. The monoisotopic (exact) mass is 271 g/mol. The normalized spacial score (nSPS) is 10.6. The molecule has 0 bridgehead atoms. The fourth-order valence-corrected chi connectivity index (χ4v) is 2.13. The van der Waals surface area contributed by atoms with Crippen LogP contribution < -0.4 is 5.73 Å². The average Bonchev–Trinajstić information content (AvgIpc) is 2.82. The zero-order chi connectivity index (χ0) is 13.2. The summed E-state index contributed by atoms with van der Waals surface area (Å²) in [6.07, 6.45) is 1.68. The van der Waals surface area contributed by atoms with Gasteiger partial charge in [-0.25, -0.2) is 0 Å². The molecule has 0 aliphatic carbocycles. The molecule has 0 atom stereocenters. The Morgan fingerprint density at radius 2 is 1.84 bits per heavy atom. The van der Waals surface area contributed by atoms with Crippen LogP contribution in [-0.2, 0) is 0 Å². The summed E-state index contributed by atoms with van der Waals surface area (Å²) in [5.74, 6) is 0.819. The van der Waals surface area contributed by atoms with Crippen LogP contribution in [0.2, 0.25) is 5.02 Å². The molecule has 0 saturated heterocycles. The highest BCUT2D eigenvalue weighted by molar-refractivity contribution is 6.33. The van der Waals surface area contributed by atoms with Crippen LogP contribution in [0.15, 0.2) is 53.2 Å². The van der Waals surface area contributed by atoms with Gasteiger partial charge in [0.25, 0.3) is 0 Å². The molecule has 3 aromatic rings. The fourth-order valence-electron chi connectivity index (χ4n) is 1.90. The van der Waals surface area contributed by atoms with Crippen molar-refractivity contribution in [1.82, 2.24) is 10.1 Å². The third kappa shape index (κ3) is 2.06. The lowest BCUT2D eigenvalue weighted by Crippen LogP contribution is -1.90. The molecule has 0 amide bonds. The summed E-state index contributed by atoms with van der Waals surface area (Å²) < 4.78 is 5.29. The van der Waals surface area contributed by atoms with Gasteiger partial charge in [0, 0.05) is 16.8 Å². The van der Waals surface area contributed by atoms with E-state index in [1.807, 2.05) is 36.4 Å². The minimum absolute atomic E-state index is 0.300. The van der Waals surface area contributed by atoms with Crippen molar-refractivity contribution in [1.29, 1.82) is 0 Å². The maximum atomic E-state index is 6.20. The van der Waals surface area contributed by atoms with Crippen molar-refractivity contribution in [3.63, 3.8) is 0 Å². The number of nitrogens with two attached hydrogens (primary N) is 1. The van der Waals surface area contributed by atoms with E-state index in [0.29, 0.717) is 27.9 Å². The van der Waals surface area contributed by atoms with E-state index < -0.39 is 0 Å². The second-order valence-electron chi connectivity index (χ2n) is 3.97. The summed E-state index contributed by atoms with van der Waals surface area (Å²) in [4.78, 5) is 4.25. The lowest BCUT2D eigenvalue weighted by molar-refractivity contribution is 0.435. The second-order valence-corrected chi connectivity index (χ2v) is 4.37. The van der Waals surface area contributed by atoms with Crippen molar-refractivity contribution in [3.05, 3.63) is 53.7 Å². The van der Waals surface area contributed by atoms with Gasteiger partial charge in [-0.1, -0.05) is 41.0 Å². The first-order valence-electron chi connectivity index (χ1n) is 5.69. The Balaban J connectivity index is 2.23. The molecule has 0 spiro atoms. The zero-order valence-electron chi connectivity index (χ0n) is 9.88. The number of hydrogen-bond acceptors (Lipinski definition) is 4. The van der Waals surface area contributed by atoms with Crippen molar-refractivity contribution in [3.8, 4) is 22.6 Å². The molecule has 2 aromatic heterocycles. The quantitative estimate of drug-likeness (QED) is 0.773. The smallest absolute Gasteiger partial charge is 0.195 e. The number of rotatable bonds is 2. The third-order valence-corrected chi connectivity index (χ3v) is 3.09. The molecule has 2 heterocycles. The summed E-state index contributed by atoms with van der Waals surface area (Å²) in [5.41, 5.74) is 8.01. The van der Waals surface area contributed by atoms with Crippen LogP contribution >= 0.6 is 11.6 Å². The van der Waals surface area contributed by atoms with Crippen molar-refractivity contribution in [2.75, 3.05) is 5.73 Å². The Morgan fingerprint density at radius 1 is 1.05 bits per heavy atom. The van der Waals surface area contributed by atoms with E-state index in [0.717, 1.165) is 5.56 Å². The molecular weight excluding hydrogens is 262 g/mol. The molecule has 3 rings (SSSR count). The minimum Gasteiger partial charge on any atom is -0.380 e. The third-order valence-electron chi connectivity index (χ3n) is 2.76. The molecule has 4 nitrogen and oxygen atoms in total. The van der Waals surface area contributed by atoms with Crippen molar-refractivity contribution in [2.24, 2.45) is 0 Å². The van der Waals surface area contributed by atoms with Gasteiger partial charge in [0.2, 0.25) is 0 Å². The summed E-state index contributed by atoms with van der Waals surface area (Å²) in [6.45, 7) is 0. The van der Waals surface area contributed by atoms with Gasteiger partial charge in [-0.3, -0.25) is 4.98 Å². The molecule has 0 fully saturated rings. The van der Waals surface area contributed by atoms with Crippen LogP contribution in [-0.4, -0.2) is 10.1 Å². The van der Waals surface area contributed by atoms with Gasteiger partial charge in [-0.05, 0) is 18.2 Å². The molecule has 2 N–H and O–H groups in total. The first-order valence-corrected chi connectivity index (χ1v) is 6.06. The Hall–Kier alpha value is -2.33. The number of nitrogen functional groups attached to an aromatic ring is 1.